The number of carbonyl (C=O) groups excluding carboxylic acids is 2. The van der Waals surface area contributed by atoms with Crippen LogP contribution in [0.5, 0.6) is 0 Å². The molecule has 0 saturated carbocycles. The van der Waals surface area contributed by atoms with E-state index in [2.05, 4.69) is 12.1 Å². The topological polar surface area (TPSA) is 83.7 Å². The van der Waals surface area contributed by atoms with Crippen LogP contribution < -0.4 is 5.73 Å². The van der Waals surface area contributed by atoms with Crippen molar-refractivity contribution in [2.24, 2.45) is 5.73 Å². The van der Waals surface area contributed by atoms with E-state index in [0.29, 0.717) is 38.4 Å². The maximum Gasteiger partial charge on any atom is 0.314 e. The van der Waals surface area contributed by atoms with Crippen molar-refractivity contribution in [2.75, 3.05) is 31.9 Å². The molecule has 1 fully saturated rings. The van der Waals surface area contributed by atoms with Crippen molar-refractivity contribution in [1.82, 2.24) is 9.80 Å². The number of piperazine rings is 1. The van der Waals surface area contributed by atoms with Gasteiger partial charge in [-0.2, -0.15) is 0 Å². The third-order valence-electron chi connectivity index (χ3n) is 4.86. The van der Waals surface area contributed by atoms with Gasteiger partial charge in [0.25, 0.3) is 0 Å². The van der Waals surface area contributed by atoms with E-state index in [-0.39, 0.29) is 11.2 Å². The summed E-state index contributed by atoms with van der Waals surface area (Å²) in [4.78, 5) is 26.7. The third-order valence-corrected chi connectivity index (χ3v) is 6.59. The number of urea groups is 1. The fourth-order valence-corrected chi connectivity index (χ4v) is 5.01. The van der Waals surface area contributed by atoms with Crippen LogP contribution in [0, 0.1) is 0 Å². The predicted octanol–water partition coefficient (Wildman–Crippen LogP) is 1.04. The fraction of sp³-hybridized carbons (Fsp3) is 0.529. The van der Waals surface area contributed by atoms with Gasteiger partial charge < -0.3 is 15.5 Å². The SMILES string of the molecule is NC(=O)N1CCN(C(=O)CCS(=O)C2CCc3ccccc32)CC1. The van der Waals surface area contributed by atoms with Gasteiger partial charge >= 0.3 is 6.03 Å². The van der Waals surface area contributed by atoms with E-state index >= 15 is 0 Å². The summed E-state index contributed by atoms with van der Waals surface area (Å²) in [5.41, 5.74) is 7.70. The first kappa shape index (κ1) is 17.0. The molecule has 1 aromatic rings. The lowest BCUT2D eigenvalue weighted by atomic mass is 10.1. The molecule has 0 aromatic heterocycles. The van der Waals surface area contributed by atoms with Gasteiger partial charge in [-0.25, -0.2) is 4.79 Å². The van der Waals surface area contributed by atoms with Gasteiger partial charge in [0.15, 0.2) is 0 Å². The normalized spacial score (nSPS) is 21.4. The molecule has 1 saturated heterocycles. The first-order valence-corrected chi connectivity index (χ1v) is 9.71. The van der Waals surface area contributed by atoms with Crippen molar-refractivity contribution in [3.05, 3.63) is 35.4 Å². The predicted molar refractivity (Wildman–Crippen MR) is 92.9 cm³/mol. The lowest BCUT2D eigenvalue weighted by Crippen LogP contribution is -2.52. The van der Waals surface area contributed by atoms with E-state index in [4.69, 9.17) is 5.73 Å². The number of nitrogens with zero attached hydrogens (tertiary/aromatic N) is 2. The van der Waals surface area contributed by atoms with Gasteiger partial charge in [0.2, 0.25) is 5.91 Å². The summed E-state index contributed by atoms with van der Waals surface area (Å²) >= 11 is 0. The Balaban J connectivity index is 1.49. The van der Waals surface area contributed by atoms with Gasteiger partial charge in [0, 0.05) is 49.2 Å². The molecule has 24 heavy (non-hydrogen) atoms. The van der Waals surface area contributed by atoms with Gasteiger partial charge in [-0.05, 0) is 24.0 Å². The lowest BCUT2D eigenvalue weighted by Gasteiger charge is -2.33. The summed E-state index contributed by atoms with van der Waals surface area (Å²) in [7, 11) is -1.03. The Morgan fingerprint density at radius 2 is 1.79 bits per heavy atom. The van der Waals surface area contributed by atoms with E-state index in [0.717, 1.165) is 12.8 Å². The Morgan fingerprint density at radius 1 is 1.12 bits per heavy atom. The Hall–Kier alpha value is -1.89. The van der Waals surface area contributed by atoms with Crippen LogP contribution in [0.15, 0.2) is 24.3 Å². The van der Waals surface area contributed by atoms with E-state index < -0.39 is 16.8 Å². The molecule has 2 aliphatic rings. The molecule has 3 amide bonds. The summed E-state index contributed by atoms with van der Waals surface area (Å²) in [5, 5.41) is 0.0562. The van der Waals surface area contributed by atoms with Crippen LogP contribution in [0.1, 0.15) is 29.2 Å². The Morgan fingerprint density at radius 3 is 2.50 bits per heavy atom. The number of benzene rings is 1. The highest BCUT2D eigenvalue weighted by Crippen LogP contribution is 2.35. The fourth-order valence-electron chi connectivity index (χ4n) is 3.46. The number of aryl methyl sites for hydroxylation is 1. The summed E-state index contributed by atoms with van der Waals surface area (Å²) < 4.78 is 12.6. The molecular weight excluding hydrogens is 326 g/mol. The van der Waals surface area contributed by atoms with Gasteiger partial charge in [-0.15, -0.1) is 0 Å². The van der Waals surface area contributed by atoms with Crippen LogP contribution in [0.4, 0.5) is 4.79 Å². The summed E-state index contributed by atoms with van der Waals surface area (Å²) in [6.07, 6.45) is 2.16. The number of amides is 3. The average molecular weight is 349 g/mol. The molecule has 1 aliphatic heterocycles. The molecule has 6 nitrogen and oxygen atoms in total. The maximum absolute atomic E-state index is 12.6. The van der Waals surface area contributed by atoms with Crippen molar-refractivity contribution < 1.29 is 13.8 Å². The average Bonchev–Trinajstić information content (AvgIpc) is 3.03. The van der Waals surface area contributed by atoms with Crippen molar-refractivity contribution in [3.8, 4) is 0 Å². The molecule has 2 unspecified atom stereocenters. The Kier molecular flexibility index (Phi) is 5.18. The van der Waals surface area contributed by atoms with E-state index in [9.17, 15) is 13.8 Å². The molecule has 130 valence electrons. The molecule has 0 spiro atoms. The molecule has 1 aromatic carbocycles. The van der Waals surface area contributed by atoms with Crippen molar-refractivity contribution in [3.63, 3.8) is 0 Å². The van der Waals surface area contributed by atoms with Gasteiger partial charge in [-0.1, -0.05) is 24.3 Å². The molecule has 2 N–H and O–H groups in total. The number of hydrogen-bond acceptors (Lipinski definition) is 3. The molecule has 3 rings (SSSR count). The van der Waals surface area contributed by atoms with Crippen LogP contribution in [0.2, 0.25) is 0 Å². The van der Waals surface area contributed by atoms with E-state index in [1.807, 2.05) is 12.1 Å². The molecular formula is C17H23N3O3S. The number of nitrogens with two attached hydrogens (primary N) is 1. The quantitative estimate of drug-likeness (QED) is 0.881. The summed E-state index contributed by atoms with van der Waals surface area (Å²) in [6.45, 7) is 1.95. The number of hydrogen-bond donors (Lipinski definition) is 1. The van der Waals surface area contributed by atoms with Crippen LogP contribution in [0.3, 0.4) is 0 Å². The highest BCUT2D eigenvalue weighted by Gasteiger charge is 2.28. The number of rotatable bonds is 4. The smallest absolute Gasteiger partial charge is 0.314 e. The maximum atomic E-state index is 12.6. The highest BCUT2D eigenvalue weighted by atomic mass is 32.2. The molecule has 1 aliphatic carbocycles. The molecule has 1 heterocycles. The number of primary amides is 1. The molecule has 0 radical (unpaired) electrons. The molecule has 2 atom stereocenters. The second kappa shape index (κ2) is 7.34. The summed E-state index contributed by atoms with van der Waals surface area (Å²) in [6, 6.07) is 7.70. The monoisotopic (exact) mass is 349 g/mol. The first-order valence-electron chi connectivity index (χ1n) is 8.33. The Labute approximate surface area is 144 Å². The second-order valence-electron chi connectivity index (χ2n) is 6.27. The van der Waals surface area contributed by atoms with E-state index in [1.54, 1.807) is 4.90 Å². The van der Waals surface area contributed by atoms with Crippen molar-refractivity contribution in [2.45, 2.75) is 24.5 Å². The van der Waals surface area contributed by atoms with Gasteiger partial charge in [-0.3, -0.25) is 9.00 Å². The molecule has 7 heteroatoms. The molecule has 0 bridgehead atoms. The number of carbonyl (C=O) groups is 2. The minimum absolute atomic E-state index is 0.0127. The zero-order chi connectivity index (χ0) is 17.1. The van der Waals surface area contributed by atoms with E-state index in [1.165, 1.54) is 16.0 Å². The second-order valence-corrected chi connectivity index (χ2v) is 8.01. The Bertz CT molecular complexity index is 656. The largest absolute Gasteiger partial charge is 0.351 e. The van der Waals surface area contributed by atoms with Gasteiger partial charge in [0.05, 0.1) is 5.25 Å². The first-order chi connectivity index (χ1) is 11.6. The van der Waals surface area contributed by atoms with Crippen molar-refractivity contribution >= 4 is 22.7 Å². The highest BCUT2D eigenvalue weighted by molar-refractivity contribution is 7.85. The van der Waals surface area contributed by atoms with Crippen LogP contribution >= 0.6 is 0 Å². The zero-order valence-electron chi connectivity index (χ0n) is 13.6. The van der Waals surface area contributed by atoms with Crippen LogP contribution in [-0.4, -0.2) is 57.9 Å². The van der Waals surface area contributed by atoms with Crippen molar-refractivity contribution in [1.29, 1.82) is 0 Å². The zero-order valence-corrected chi connectivity index (χ0v) is 14.5. The van der Waals surface area contributed by atoms with Crippen LogP contribution in [-0.2, 0) is 22.0 Å². The van der Waals surface area contributed by atoms with Crippen LogP contribution in [0.25, 0.3) is 0 Å². The number of fused-ring (bicyclic) bond motifs is 1. The van der Waals surface area contributed by atoms with Gasteiger partial charge in [0.1, 0.15) is 0 Å². The lowest BCUT2D eigenvalue weighted by molar-refractivity contribution is -0.132. The minimum atomic E-state index is -1.03. The standard InChI is InChI=1S/C17H23N3O3S/c18-17(22)20-10-8-19(9-11-20)16(21)7-12-24(23)15-6-5-13-3-1-2-4-14(13)15/h1-4,15H,5-12H2,(H2,18,22). The minimum Gasteiger partial charge on any atom is -0.351 e. The summed E-state index contributed by atoms with van der Waals surface area (Å²) in [5.74, 6) is 0.409. The third kappa shape index (κ3) is 3.61.